The van der Waals surface area contributed by atoms with E-state index in [0.29, 0.717) is 16.8 Å². The summed E-state index contributed by atoms with van der Waals surface area (Å²) in [7, 11) is 0. The molecule has 1 saturated heterocycles. The highest BCUT2D eigenvalue weighted by Gasteiger charge is 2.15. The van der Waals surface area contributed by atoms with E-state index in [1.807, 2.05) is 0 Å². The van der Waals surface area contributed by atoms with Crippen LogP contribution in [0.25, 0.3) is 0 Å². The van der Waals surface area contributed by atoms with Gasteiger partial charge < -0.3 is 15.0 Å². The quantitative estimate of drug-likeness (QED) is 0.731. The summed E-state index contributed by atoms with van der Waals surface area (Å²) in [5.41, 5.74) is 0. The van der Waals surface area contributed by atoms with Gasteiger partial charge in [-0.1, -0.05) is 6.92 Å². The largest absolute Gasteiger partial charge is 0.483 e. The fourth-order valence-electron chi connectivity index (χ4n) is 2.81. The number of amides is 1. The van der Waals surface area contributed by atoms with Crippen LogP contribution in [0.4, 0.5) is 4.39 Å². The molecule has 1 amide bonds. The van der Waals surface area contributed by atoms with Crippen molar-refractivity contribution in [2.45, 2.75) is 26.2 Å². The van der Waals surface area contributed by atoms with Gasteiger partial charge in [-0.05, 0) is 72.4 Å². The van der Waals surface area contributed by atoms with Crippen LogP contribution in [0.15, 0.2) is 22.7 Å². The van der Waals surface area contributed by atoms with Crippen molar-refractivity contribution in [3.05, 3.63) is 28.5 Å². The van der Waals surface area contributed by atoms with Crippen LogP contribution in [0.2, 0.25) is 0 Å². The van der Waals surface area contributed by atoms with Crippen LogP contribution in [-0.2, 0) is 4.79 Å². The second-order valence-electron chi connectivity index (χ2n) is 6.11. The Bertz CT molecular complexity index is 527. The molecule has 1 aliphatic rings. The highest BCUT2D eigenvalue weighted by molar-refractivity contribution is 9.10. The molecule has 0 spiro atoms. The Morgan fingerprint density at radius 1 is 1.52 bits per heavy atom. The first-order valence-corrected chi connectivity index (χ1v) is 8.91. The van der Waals surface area contributed by atoms with Crippen LogP contribution in [0.1, 0.15) is 26.2 Å². The van der Waals surface area contributed by atoms with Crippen molar-refractivity contribution < 1.29 is 13.9 Å². The monoisotopic (exact) mass is 386 g/mol. The Labute approximate surface area is 145 Å². The molecule has 128 valence electrons. The van der Waals surface area contributed by atoms with Gasteiger partial charge in [-0.3, -0.25) is 4.79 Å². The Hall–Kier alpha value is -1.14. The van der Waals surface area contributed by atoms with Gasteiger partial charge in [-0.15, -0.1) is 0 Å². The molecule has 1 fully saturated rings. The van der Waals surface area contributed by atoms with Crippen molar-refractivity contribution in [1.29, 1.82) is 0 Å². The predicted molar refractivity (Wildman–Crippen MR) is 92.1 cm³/mol. The average molecular weight is 387 g/mol. The lowest BCUT2D eigenvalue weighted by Gasteiger charge is -2.30. The van der Waals surface area contributed by atoms with Crippen molar-refractivity contribution in [3.63, 3.8) is 0 Å². The van der Waals surface area contributed by atoms with Gasteiger partial charge in [0.05, 0.1) is 4.47 Å². The van der Waals surface area contributed by atoms with Crippen molar-refractivity contribution in [1.82, 2.24) is 10.2 Å². The summed E-state index contributed by atoms with van der Waals surface area (Å²) in [6.07, 6.45) is 3.54. The van der Waals surface area contributed by atoms with Crippen LogP contribution < -0.4 is 10.1 Å². The van der Waals surface area contributed by atoms with Crippen molar-refractivity contribution in [2.75, 3.05) is 32.8 Å². The molecule has 0 aliphatic carbocycles. The third-order valence-electron chi connectivity index (χ3n) is 3.97. The first-order chi connectivity index (χ1) is 11.0. The smallest absolute Gasteiger partial charge is 0.257 e. The maximum Gasteiger partial charge on any atom is 0.257 e. The van der Waals surface area contributed by atoms with Gasteiger partial charge in [-0.25, -0.2) is 4.39 Å². The maximum absolute atomic E-state index is 13.0. The number of ether oxygens (including phenoxy) is 1. The SMILES string of the molecule is C[C@H]1CCCN(CCCNC(=O)COc2ccc(F)cc2Br)C1. The molecule has 0 saturated carbocycles. The Morgan fingerprint density at radius 2 is 2.35 bits per heavy atom. The van der Waals surface area contributed by atoms with E-state index in [2.05, 4.69) is 33.1 Å². The lowest BCUT2D eigenvalue weighted by Crippen LogP contribution is -2.37. The summed E-state index contributed by atoms with van der Waals surface area (Å²) in [4.78, 5) is 14.2. The number of nitrogens with one attached hydrogen (secondary N) is 1. The lowest BCUT2D eigenvalue weighted by molar-refractivity contribution is -0.123. The second kappa shape index (κ2) is 9.23. The molecule has 1 aromatic carbocycles. The fraction of sp³-hybridized carbons (Fsp3) is 0.588. The highest BCUT2D eigenvalue weighted by atomic mass is 79.9. The number of carbonyl (C=O) groups excluding carboxylic acids is 1. The van der Waals surface area contributed by atoms with Crippen molar-refractivity contribution >= 4 is 21.8 Å². The maximum atomic E-state index is 13.0. The number of piperidine rings is 1. The molecule has 23 heavy (non-hydrogen) atoms. The molecule has 0 unspecified atom stereocenters. The molecule has 1 aromatic rings. The van der Waals surface area contributed by atoms with E-state index in [4.69, 9.17) is 4.74 Å². The molecule has 0 radical (unpaired) electrons. The minimum Gasteiger partial charge on any atom is -0.483 e. The normalized spacial score (nSPS) is 18.7. The predicted octanol–water partition coefficient (Wildman–Crippen LogP) is 3.21. The van der Waals surface area contributed by atoms with Crippen LogP contribution in [-0.4, -0.2) is 43.6 Å². The third-order valence-corrected chi connectivity index (χ3v) is 4.59. The van der Waals surface area contributed by atoms with E-state index in [1.54, 1.807) is 0 Å². The second-order valence-corrected chi connectivity index (χ2v) is 6.97. The van der Waals surface area contributed by atoms with Gasteiger partial charge in [0.2, 0.25) is 0 Å². The van der Waals surface area contributed by atoms with Gasteiger partial charge in [0.25, 0.3) is 5.91 Å². The van der Waals surface area contributed by atoms with Gasteiger partial charge in [0.1, 0.15) is 11.6 Å². The van der Waals surface area contributed by atoms with Crippen LogP contribution in [0, 0.1) is 11.7 Å². The molecule has 1 N–H and O–H groups in total. The number of halogens is 2. The number of benzene rings is 1. The minimum absolute atomic E-state index is 0.0645. The van der Waals surface area contributed by atoms with Gasteiger partial charge in [0.15, 0.2) is 6.61 Å². The third kappa shape index (κ3) is 6.47. The number of likely N-dealkylation sites (tertiary alicyclic amines) is 1. The van der Waals surface area contributed by atoms with E-state index in [1.165, 1.54) is 37.6 Å². The zero-order valence-corrected chi connectivity index (χ0v) is 15.1. The molecule has 1 heterocycles. The van der Waals surface area contributed by atoms with E-state index in [0.717, 1.165) is 25.4 Å². The lowest BCUT2D eigenvalue weighted by atomic mass is 10.0. The summed E-state index contributed by atoms with van der Waals surface area (Å²) in [6, 6.07) is 4.12. The number of carbonyl (C=O) groups is 1. The molecule has 2 rings (SSSR count). The topological polar surface area (TPSA) is 41.6 Å². The number of nitrogens with zero attached hydrogens (tertiary/aromatic N) is 1. The summed E-state index contributed by atoms with van der Waals surface area (Å²) in [6.45, 7) is 6.23. The van der Waals surface area contributed by atoms with E-state index in [9.17, 15) is 9.18 Å². The Morgan fingerprint density at radius 3 is 3.09 bits per heavy atom. The average Bonchev–Trinajstić information content (AvgIpc) is 2.51. The van der Waals surface area contributed by atoms with E-state index in [-0.39, 0.29) is 18.3 Å². The summed E-state index contributed by atoms with van der Waals surface area (Å²) in [5, 5.41) is 2.85. The number of hydrogen-bond acceptors (Lipinski definition) is 3. The first-order valence-electron chi connectivity index (χ1n) is 8.11. The standard InChI is InChI=1S/C17H24BrFN2O2/c1-13-4-2-8-21(11-13)9-3-7-20-17(22)12-23-16-6-5-14(19)10-15(16)18/h5-6,10,13H,2-4,7-9,11-12H2,1H3,(H,20,22)/t13-/m0/s1. The van der Waals surface area contributed by atoms with Crippen molar-refractivity contribution in [3.8, 4) is 5.75 Å². The number of rotatable bonds is 7. The molecule has 4 nitrogen and oxygen atoms in total. The highest BCUT2D eigenvalue weighted by Crippen LogP contribution is 2.25. The van der Waals surface area contributed by atoms with E-state index >= 15 is 0 Å². The van der Waals surface area contributed by atoms with Crippen molar-refractivity contribution in [2.24, 2.45) is 5.92 Å². The van der Waals surface area contributed by atoms with Gasteiger partial charge in [0, 0.05) is 13.1 Å². The molecular formula is C17H24BrFN2O2. The summed E-state index contributed by atoms with van der Waals surface area (Å²) in [5.74, 6) is 0.735. The Kier molecular flexibility index (Phi) is 7.30. The molecule has 1 aliphatic heterocycles. The molecule has 6 heteroatoms. The number of hydrogen-bond donors (Lipinski definition) is 1. The van der Waals surface area contributed by atoms with Crippen LogP contribution >= 0.6 is 15.9 Å². The fourth-order valence-corrected chi connectivity index (χ4v) is 3.27. The first kappa shape index (κ1) is 18.2. The molecular weight excluding hydrogens is 363 g/mol. The zero-order chi connectivity index (χ0) is 16.7. The Balaban J connectivity index is 1.60. The summed E-state index contributed by atoms with van der Waals surface area (Å²) >= 11 is 3.21. The molecule has 1 atom stereocenters. The molecule has 0 bridgehead atoms. The van der Waals surface area contributed by atoms with Gasteiger partial charge in [-0.2, -0.15) is 0 Å². The van der Waals surface area contributed by atoms with Crippen LogP contribution in [0.3, 0.4) is 0 Å². The van der Waals surface area contributed by atoms with Crippen LogP contribution in [0.5, 0.6) is 5.75 Å². The minimum atomic E-state index is -0.347. The molecule has 0 aromatic heterocycles. The van der Waals surface area contributed by atoms with E-state index < -0.39 is 0 Å². The summed E-state index contributed by atoms with van der Waals surface area (Å²) < 4.78 is 18.8. The van der Waals surface area contributed by atoms with Gasteiger partial charge >= 0.3 is 0 Å². The zero-order valence-electron chi connectivity index (χ0n) is 13.5.